The SMILES string of the molecule is CCN(CC)c1ccc(N)c(S(=O)(O)=S)c1. The predicted molar refractivity (Wildman–Crippen MR) is 70.8 cm³/mol. The van der Waals surface area contributed by atoms with Gasteiger partial charge in [0.2, 0.25) is 0 Å². The summed E-state index contributed by atoms with van der Waals surface area (Å²) in [7, 11) is -3.42. The maximum atomic E-state index is 11.4. The summed E-state index contributed by atoms with van der Waals surface area (Å²) in [6, 6.07) is 5.04. The van der Waals surface area contributed by atoms with E-state index in [9.17, 15) is 8.76 Å². The highest BCUT2D eigenvalue weighted by atomic mass is 32.8. The molecule has 90 valence electrons. The van der Waals surface area contributed by atoms with Crippen LogP contribution in [0.4, 0.5) is 11.4 Å². The number of nitrogens with two attached hydrogens (primary N) is 1. The smallest absolute Gasteiger partial charge is 0.173 e. The van der Waals surface area contributed by atoms with Crippen molar-refractivity contribution in [3.8, 4) is 0 Å². The van der Waals surface area contributed by atoms with E-state index in [1.807, 2.05) is 19.9 Å². The molecule has 0 aliphatic carbocycles. The summed E-state index contributed by atoms with van der Waals surface area (Å²) in [5.41, 5.74) is 6.76. The number of hydrogen-bond acceptors (Lipinski definition) is 4. The highest BCUT2D eigenvalue weighted by molar-refractivity contribution is 8.29. The summed E-state index contributed by atoms with van der Waals surface area (Å²) < 4.78 is 20.8. The van der Waals surface area contributed by atoms with Gasteiger partial charge in [-0.1, -0.05) is 0 Å². The number of hydrogen-bond donors (Lipinski definition) is 2. The quantitative estimate of drug-likeness (QED) is 0.807. The van der Waals surface area contributed by atoms with E-state index < -0.39 is 8.77 Å². The zero-order valence-corrected chi connectivity index (χ0v) is 11.0. The van der Waals surface area contributed by atoms with Crippen molar-refractivity contribution in [1.29, 1.82) is 0 Å². The molecule has 3 N–H and O–H groups in total. The Bertz CT molecular complexity index is 468. The highest BCUT2D eigenvalue weighted by Crippen LogP contribution is 2.25. The molecule has 16 heavy (non-hydrogen) atoms. The van der Waals surface area contributed by atoms with Gasteiger partial charge in [-0.2, -0.15) is 0 Å². The Kier molecular flexibility index (Phi) is 4.12. The Morgan fingerprint density at radius 2 is 2.00 bits per heavy atom. The molecule has 0 aliphatic rings. The molecule has 0 spiro atoms. The first-order chi connectivity index (χ1) is 7.40. The van der Waals surface area contributed by atoms with Crippen molar-refractivity contribution in [2.75, 3.05) is 23.7 Å². The molecular formula is C10H16N2O2S2. The minimum absolute atomic E-state index is 0.131. The number of nitrogens with zero attached hydrogens (tertiary/aromatic N) is 1. The fourth-order valence-electron chi connectivity index (χ4n) is 1.53. The summed E-state index contributed by atoms with van der Waals surface area (Å²) in [5.74, 6) is 0. The van der Waals surface area contributed by atoms with E-state index in [-0.39, 0.29) is 10.6 Å². The van der Waals surface area contributed by atoms with Gasteiger partial charge in [-0.3, -0.25) is 0 Å². The standard InChI is InChI=1S/C10H16N2O2S2/c1-3-12(4-2)8-5-6-9(11)10(7-8)16(13,14)15/h5-7H,3-4,11H2,1-2H3,(H,13,14,15). The van der Waals surface area contributed by atoms with Crippen LogP contribution in [0, 0.1) is 0 Å². The Hall–Kier alpha value is -0.850. The van der Waals surface area contributed by atoms with Crippen molar-refractivity contribution >= 4 is 31.3 Å². The summed E-state index contributed by atoms with van der Waals surface area (Å²) in [5, 5.41) is 0. The van der Waals surface area contributed by atoms with E-state index in [0.29, 0.717) is 0 Å². The van der Waals surface area contributed by atoms with Gasteiger partial charge in [0.25, 0.3) is 0 Å². The number of benzene rings is 1. The first-order valence-corrected chi connectivity index (χ1v) is 7.46. The van der Waals surface area contributed by atoms with Crippen LogP contribution in [-0.4, -0.2) is 21.9 Å². The molecule has 1 atom stereocenters. The predicted octanol–water partition coefficient (Wildman–Crippen LogP) is 1.69. The average Bonchev–Trinajstić information content (AvgIpc) is 2.20. The summed E-state index contributed by atoms with van der Waals surface area (Å²) in [4.78, 5) is 2.19. The van der Waals surface area contributed by atoms with Gasteiger partial charge in [0.1, 0.15) is 0 Å². The van der Waals surface area contributed by atoms with Gasteiger partial charge < -0.3 is 15.2 Å². The molecule has 0 fully saturated rings. The minimum atomic E-state index is -3.42. The van der Waals surface area contributed by atoms with E-state index in [4.69, 9.17) is 5.73 Å². The molecule has 0 saturated carbocycles. The lowest BCUT2D eigenvalue weighted by atomic mass is 10.2. The zero-order valence-electron chi connectivity index (χ0n) is 9.34. The second-order valence-electron chi connectivity index (χ2n) is 3.37. The second kappa shape index (κ2) is 4.99. The monoisotopic (exact) mass is 260 g/mol. The maximum Gasteiger partial charge on any atom is 0.173 e. The number of anilines is 2. The normalized spacial score (nSPS) is 14.4. The largest absolute Gasteiger partial charge is 0.398 e. The van der Waals surface area contributed by atoms with E-state index in [2.05, 4.69) is 16.1 Å². The zero-order chi connectivity index (χ0) is 12.3. The molecule has 0 aromatic heterocycles. The van der Waals surface area contributed by atoms with Crippen molar-refractivity contribution in [3.63, 3.8) is 0 Å². The second-order valence-corrected chi connectivity index (χ2v) is 6.11. The third-order valence-electron chi connectivity index (χ3n) is 2.40. The molecule has 0 saturated heterocycles. The van der Waals surface area contributed by atoms with E-state index in [1.54, 1.807) is 12.1 Å². The Morgan fingerprint density at radius 1 is 1.44 bits per heavy atom. The Morgan fingerprint density at radius 3 is 2.44 bits per heavy atom. The van der Waals surface area contributed by atoms with Crippen LogP contribution in [0.25, 0.3) is 0 Å². The minimum Gasteiger partial charge on any atom is -0.398 e. The average molecular weight is 260 g/mol. The molecule has 0 bridgehead atoms. The molecule has 0 heterocycles. The van der Waals surface area contributed by atoms with Gasteiger partial charge in [0.05, 0.1) is 10.6 Å². The molecule has 0 amide bonds. The third kappa shape index (κ3) is 2.84. The molecule has 1 aromatic rings. The molecule has 0 radical (unpaired) electrons. The van der Waals surface area contributed by atoms with Crippen LogP contribution in [0.15, 0.2) is 23.1 Å². The molecule has 0 aliphatic heterocycles. The van der Waals surface area contributed by atoms with Gasteiger partial charge in [-0.15, -0.1) is 0 Å². The van der Waals surface area contributed by atoms with Gasteiger partial charge in [0, 0.05) is 30.0 Å². The van der Waals surface area contributed by atoms with Crippen LogP contribution < -0.4 is 10.6 Å². The lowest BCUT2D eigenvalue weighted by Gasteiger charge is -2.22. The van der Waals surface area contributed by atoms with E-state index in [0.717, 1.165) is 18.8 Å². The number of nitrogen functional groups attached to an aromatic ring is 1. The molecule has 1 aromatic carbocycles. The molecule has 1 rings (SSSR count). The maximum absolute atomic E-state index is 11.4. The summed E-state index contributed by atoms with van der Waals surface area (Å²) >= 11 is 4.54. The fourth-order valence-corrected chi connectivity index (χ4v) is 2.60. The van der Waals surface area contributed by atoms with Crippen LogP contribution in [-0.2, 0) is 20.0 Å². The van der Waals surface area contributed by atoms with E-state index in [1.165, 1.54) is 0 Å². The van der Waals surface area contributed by atoms with Crippen LogP contribution in [0.1, 0.15) is 13.8 Å². The number of rotatable bonds is 4. The molecular weight excluding hydrogens is 244 g/mol. The summed E-state index contributed by atoms with van der Waals surface area (Å²) in [6.07, 6.45) is 0. The van der Waals surface area contributed by atoms with Crippen molar-refractivity contribution in [2.24, 2.45) is 0 Å². The topological polar surface area (TPSA) is 66.6 Å². The van der Waals surface area contributed by atoms with Crippen molar-refractivity contribution in [3.05, 3.63) is 18.2 Å². The third-order valence-corrected chi connectivity index (χ3v) is 3.85. The van der Waals surface area contributed by atoms with Crippen molar-refractivity contribution < 1.29 is 8.76 Å². The summed E-state index contributed by atoms with van der Waals surface area (Å²) in [6.45, 7) is 5.68. The van der Waals surface area contributed by atoms with Crippen molar-refractivity contribution in [2.45, 2.75) is 18.7 Å². The Labute approximate surface area is 101 Å². The van der Waals surface area contributed by atoms with Gasteiger partial charge in [0.15, 0.2) is 8.77 Å². The highest BCUT2D eigenvalue weighted by Gasteiger charge is 2.12. The lowest BCUT2D eigenvalue weighted by Crippen LogP contribution is -2.22. The first kappa shape index (κ1) is 13.2. The van der Waals surface area contributed by atoms with Gasteiger partial charge >= 0.3 is 0 Å². The molecule has 6 heteroatoms. The van der Waals surface area contributed by atoms with Crippen LogP contribution in [0.5, 0.6) is 0 Å². The first-order valence-electron chi connectivity index (χ1n) is 5.02. The van der Waals surface area contributed by atoms with Crippen molar-refractivity contribution in [1.82, 2.24) is 0 Å². The lowest BCUT2D eigenvalue weighted by molar-refractivity contribution is 0.562. The van der Waals surface area contributed by atoms with Crippen LogP contribution >= 0.6 is 0 Å². The van der Waals surface area contributed by atoms with Gasteiger partial charge in [-0.25, -0.2) is 4.21 Å². The van der Waals surface area contributed by atoms with E-state index >= 15 is 0 Å². The molecule has 4 nitrogen and oxygen atoms in total. The van der Waals surface area contributed by atoms with Crippen LogP contribution in [0.3, 0.4) is 0 Å². The van der Waals surface area contributed by atoms with Gasteiger partial charge in [-0.05, 0) is 32.0 Å². The van der Waals surface area contributed by atoms with Crippen LogP contribution in [0.2, 0.25) is 0 Å². The molecule has 1 unspecified atom stereocenters. The fraction of sp³-hybridized carbons (Fsp3) is 0.400. The Balaban J connectivity index is 3.27.